The first-order chi connectivity index (χ1) is 8.61. The zero-order chi connectivity index (χ0) is 14.8. The van der Waals surface area contributed by atoms with E-state index in [9.17, 15) is 28.5 Å². The van der Waals surface area contributed by atoms with E-state index in [0.29, 0.717) is 0 Å². The van der Waals surface area contributed by atoms with Crippen molar-refractivity contribution in [2.45, 2.75) is 37.6 Å². The fraction of sp³-hybridized carbons (Fsp3) is 0.875. The third-order valence-electron chi connectivity index (χ3n) is 2.47. The summed E-state index contributed by atoms with van der Waals surface area (Å²) in [6.07, 6.45) is -6.28. The molecule has 1 aliphatic rings. The van der Waals surface area contributed by atoms with Gasteiger partial charge in [0.05, 0.1) is 6.61 Å². The van der Waals surface area contributed by atoms with Crippen LogP contribution in [0.15, 0.2) is 0 Å². The zero-order valence-electron chi connectivity index (χ0n) is 10.8. The Balaban J connectivity index is 0.00000361. The first-order valence-corrected chi connectivity index (χ1v) is 6.57. The Morgan fingerprint density at radius 3 is 2.30 bits per heavy atom. The number of aliphatic hydroxyl groups is 3. The van der Waals surface area contributed by atoms with Gasteiger partial charge < -0.3 is 25.4 Å². The number of carbonyl (C=O) groups excluding carboxylic acids is 1. The maximum Gasteiger partial charge on any atom is 0.397 e. The molecule has 113 valence electrons. The molecule has 1 rings (SSSR count). The molecular formula is C8H15NNaO9S. The first kappa shape index (κ1) is 20.2. The zero-order valence-corrected chi connectivity index (χ0v) is 13.6. The third kappa shape index (κ3) is 5.89. The van der Waals surface area contributed by atoms with Crippen molar-refractivity contribution in [3.05, 3.63) is 0 Å². The van der Waals surface area contributed by atoms with Gasteiger partial charge in [-0.15, -0.1) is 0 Å². The summed E-state index contributed by atoms with van der Waals surface area (Å²) in [6.45, 7) is 0.334. The molecule has 0 aromatic heterocycles. The second kappa shape index (κ2) is 7.98. The summed E-state index contributed by atoms with van der Waals surface area (Å²) < 4.78 is 37.9. The molecule has 1 unspecified atom stereocenters. The van der Waals surface area contributed by atoms with Gasteiger partial charge in [-0.25, -0.2) is 4.18 Å². The minimum absolute atomic E-state index is 0. The van der Waals surface area contributed by atoms with E-state index in [4.69, 9.17) is 9.29 Å². The summed E-state index contributed by atoms with van der Waals surface area (Å²) in [7, 11) is -4.74. The van der Waals surface area contributed by atoms with Gasteiger partial charge in [0.1, 0.15) is 24.4 Å². The van der Waals surface area contributed by atoms with Gasteiger partial charge in [-0.05, 0) is 0 Å². The standard InChI is InChI=1S/C8H15NO9S.Na/c1-3(10)9-5-7(12)6(11)4(18-8(5)13)2-17-19(14,15)16;/h4-8,11-13H,2H2,1H3,(H,9,10)(H,14,15,16);/t4-,5-,6+,7-,8?;/m1./s1. The van der Waals surface area contributed by atoms with Gasteiger partial charge in [0, 0.05) is 36.5 Å². The molecule has 5 atom stereocenters. The maximum absolute atomic E-state index is 10.8. The molecule has 0 aromatic rings. The normalized spacial score (nSPS) is 34.1. The quantitative estimate of drug-likeness (QED) is 0.259. The van der Waals surface area contributed by atoms with Gasteiger partial charge in [-0.3, -0.25) is 9.35 Å². The molecule has 1 amide bonds. The first-order valence-electron chi connectivity index (χ1n) is 5.20. The van der Waals surface area contributed by atoms with Crippen LogP contribution >= 0.6 is 0 Å². The van der Waals surface area contributed by atoms with E-state index in [0.717, 1.165) is 6.92 Å². The summed E-state index contributed by atoms with van der Waals surface area (Å²) in [5.41, 5.74) is 0. The van der Waals surface area contributed by atoms with E-state index in [-0.39, 0.29) is 29.6 Å². The molecule has 1 aliphatic heterocycles. The maximum atomic E-state index is 10.8. The number of hydrogen-bond donors (Lipinski definition) is 5. The second-order valence-electron chi connectivity index (χ2n) is 3.98. The summed E-state index contributed by atoms with van der Waals surface area (Å²) in [5, 5.41) is 31.0. The minimum atomic E-state index is -4.74. The summed E-state index contributed by atoms with van der Waals surface area (Å²) in [5.74, 6) is -0.563. The van der Waals surface area contributed by atoms with E-state index in [1.807, 2.05) is 0 Å². The Hall–Kier alpha value is 0.180. The van der Waals surface area contributed by atoms with Crippen LogP contribution in [-0.2, 0) is 24.1 Å². The van der Waals surface area contributed by atoms with E-state index in [1.54, 1.807) is 0 Å². The SMILES string of the molecule is CC(=O)N[C@H]1C(O)O[C@H](COS(=O)(=O)O)[C@H](O)[C@@H]1O.[Na]. The van der Waals surface area contributed by atoms with Crippen LogP contribution in [-0.4, -0.2) is 101 Å². The number of rotatable bonds is 4. The van der Waals surface area contributed by atoms with Crippen molar-refractivity contribution in [1.29, 1.82) is 0 Å². The van der Waals surface area contributed by atoms with E-state index in [2.05, 4.69) is 9.50 Å². The van der Waals surface area contributed by atoms with Gasteiger partial charge in [0.15, 0.2) is 6.29 Å². The van der Waals surface area contributed by atoms with E-state index in [1.165, 1.54) is 0 Å². The number of ether oxygens (including phenoxy) is 1. The van der Waals surface area contributed by atoms with Gasteiger partial charge in [-0.1, -0.05) is 0 Å². The Labute approximate surface area is 137 Å². The second-order valence-corrected chi connectivity index (χ2v) is 5.08. The Bertz CT molecular complexity index is 430. The molecule has 0 aliphatic carbocycles. The van der Waals surface area contributed by atoms with Crippen LogP contribution in [0.2, 0.25) is 0 Å². The summed E-state index contributed by atoms with van der Waals surface area (Å²) in [4.78, 5) is 10.8. The van der Waals surface area contributed by atoms with Crippen LogP contribution in [0.3, 0.4) is 0 Å². The molecule has 0 saturated carbocycles. The van der Waals surface area contributed by atoms with Crippen molar-refractivity contribution in [3.8, 4) is 0 Å². The monoisotopic (exact) mass is 324 g/mol. The van der Waals surface area contributed by atoms with Crippen molar-refractivity contribution in [1.82, 2.24) is 5.32 Å². The smallest absolute Gasteiger partial charge is 0.388 e. The predicted octanol–water partition coefficient (Wildman–Crippen LogP) is -3.63. The summed E-state index contributed by atoms with van der Waals surface area (Å²) in [6, 6.07) is -1.27. The van der Waals surface area contributed by atoms with Crippen LogP contribution in [0, 0.1) is 0 Å². The van der Waals surface area contributed by atoms with Crippen molar-refractivity contribution >= 4 is 45.9 Å². The molecule has 10 nitrogen and oxygen atoms in total. The van der Waals surface area contributed by atoms with Crippen molar-refractivity contribution in [2.75, 3.05) is 6.61 Å². The molecule has 1 heterocycles. The molecule has 0 bridgehead atoms. The molecule has 0 aromatic carbocycles. The topological polar surface area (TPSA) is 163 Å². The molecule has 1 saturated heterocycles. The third-order valence-corrected chi connectivity index (χ3v) is 2.91. The molecular weight excluding hydrogens is 309 g/mol. The number of carbonyl (C=O) groups is 1. The Morgan fingerprint density at radius 1 is 1.30 bits per heavy atom. The molecule has 0 spiro atoms. The average Bonchev–Trinajstić information content (AvgIpc) is 2.26. The van der Waals surface area contributed by atoms with Crippen LogP contribution < -0.4 is 5.32 Å². The van der Waals surface area contributed by atoms with Crippen LogP contribution in [0.25, 0.3) is 0 Å². The number of nitrogens with one attached hydrogen (secondary N) is 1. The largest absolute Gasteiger partial charge is 0.397 e. The Kier molecular flexibility index (Phi) is 8.05. The fourth-order valence-electron chi connectivity index (χ4n) is 1.63. The van der Waals surface area contributed by atoms with Crippen LogP contribution in [0.1, 0.15) is 6.92 Å². The predicted molar refractivity (Wildman–Crippen MR) is 63.8 cm³/mol. The van der Waals surface area contributed by atoms with Crippen molar-refractivity contribution < 1.29 is 42.0 Å². The Morgan fingerprint density at radius 2 is 1.85 bits per heavy atom. The van der Waals surface area contributed by atoms with Crippen molar-refractivity contribution in [3.63, 3.8) is 0 Å². The van der Waals surface area contributed by atoms with E-state index < -0.39 is 53.6 Å². The molecule has 12 heteroatoms. The fourth-order valence-corrected chi connectivity index (χ4v) is 1.93. The number of aliphatic hydroxyl groups excluding tert-OH is 3. The molecule has 20 heavy (non-hydrogen) atoms. The van der Waals surface area contributed by atoms with Crippen molar-refractivity contribution in [2.24, 2.45) is 0 Å². The number of hydrogen-bond acceptors (Lipinski definition) is 8. The van der Waals surface area contributed by atoms with Gasteiger partial charge in [-0.2, -0.15) is 8.42 Å². The van der Waals surface area contributed by atoms with Gasteiger partial charge in [0.25, 0.3) is 0 Å². The van der Waals surface area contributed by atoms with Gasteiger partial charge >= 0.3 is 10.4 Å². The van der Waals surface area contributed by atoms with E-state index >= 15 is 0 Å². The number of amides is 1. The molecule has 1 fully saturated rings. The van der Waals surface area contributed by atoms with Crippen LogP contribution in [0.4, 0.5) is 0 Å². The summed E-state index contributed by atoms with van der Waals surface area (Å²) >= 11 is 0. The molecule has 5 N–H and O–H groups in total. The van der Waals surface area contributed by atoms with Gasteiger partial charge in [0.2, 0.25) is 5.91 Å². The van der Waals surface area contributed by atoms with Crippen LogP contribution in [0.5, 0.6) is 0 Å². The average molecular weight is 324 g/mol. The molecule has 1 radical (unpaired) electrons. The minimum Gasteiger partial charge on any atom is -0.388 e.